The van der Waals surface area contributed by atoms with Gasteiger partial charge in [-0.2, -0.15) is 0 Å². The highest BCUT2D eigenvalue weighted by molar-refractivity contribution is 6.10. The molecule has 1 fully saturated rings. The lowest BCUT2D eigenvalue weighted by atomic mass is 10.0. The summed E-state index contributed by atoms with van der Waals surface area (Å²) in [6.45, 7) is 1.83. The van der Waals surface area contributed by atoms with Crippen LogP contribution in [-0.2, 0) is 9.53 Å². The van der Waals surface area contributed by atoms with Gasteiger partial charge in [0.05, 0.1) is 31.4 Å². The van der Waals surface area contributed by atoms with E-state index in [0.29, 0.717) is 30.2 Å². The van der Waals surface area contributed by atoms with Gasteiger partial charge in [0.15, 0.2) is 23.6 Å². The van der Waals surface area contributed by atoms with Crippen LogP contribution in [-0.4, -0.2) is 78.8 Å². The summed E-state index contributed by atoms with van der Waals surface area (Å²) in [5, 5.41) is 29.7. The average Bonchev–Trinajstić information content (AvgIpc) is 3.37. The highest BCUT2D eigenvalue weighted by Crippen LogP contribution is 2.36. The number of hydrogen-bond donors (Lipinski definition) is 3. The Morgan fingerprint density at radius 3 is 2.90 bits per heavy atom. The number of fused-ring (bicyclic) bond motifs is 3. The first-order chi connectivity index (χ1) is 14.0. The number of carbonyl (C=O) groups is 1. The molecule has 4 heterocycles. The van der Waals surface area contributed by atoms with Gasteiger partial charge in [0.25, 0.3) is 0 Å². The third kappa shape index (κ3) is 3.73. The Hall–Kier alpha value is -2.14. The Bertz CT molecular complexity index is 822. The van der Waals surface area contributed by atoms with Crippen LogP contribution in [0.5, 0.6) is 0 Å². The molecule has 1 aromatic rings. The summed E-state index contributed by atoms with van der Waals surface area (Å²) in [5.41, 5.74) is 0.498. The quantitative estimate of drug-likeness (QED) is 0.536. The maximum Gasteiger partial charge on any atom is 0.168 e. The number of ether oxygens (including phenoxy) is 1. The number of Topliss-reactive ketones (excluding diaryl/α,β-unsaturated/α-hetero) is 1. The van der Waals surface area contributed by atoms with Crippen LogP contribution in [0.3, 0.4) is 0 Å². The van der Waals surface area contributed by atoms with Crippen molar-refractivity contribution in [1.29, 1.82) is 0 Å². The molecule has 2 unspecified atom stereocenters. The van der Waals surface area contributed by atoms with Crippen molar-refractivity contribution >= 4 is 23.8 Å². The molecule has 10 nitrogen and oxygen atoms in total. The van der Waals surface area contributed by atoms with Crippen molar-refractivity contribution < 1.29 is 24.9 Å². The fraction of sp³-hybridized carbons (Fsp3) is 0.684. The fourth-order valence-corrected chi connectivity index (χ4v) is 4.03. The Labute approximate surface area is 168 Å². The second-order valence-corrected chi connectivity index (χ2v) is 7.72. The number of aliphatic hydroxyl groups is 3. The lowest BCUT2D eigenvalue weighted by Crippen LogP contribution is -2.41. The Kier molecular flexibility index (Phi) is 5.77. The molecule has 3 aliphatic rings. The lowest BCUT2D eigenvalue weighted by molar-refractivity contribution is -0.120. The number of aliphatic imine (C=N–C) groups is 2. The molecular weight excluding hydrogens is 378 g/mol. The number of carbonyl (C=O) groups excluding carboxylic acids is 1. The van der Waals surface area contributed by atoms with Gasteiger partial charge in [-0.05, 0) is 6.42 Å². The van der Waals surface area contributed by atoms with Gasteiger partial charge >= 0.3 is 0 Å². The topological polar surface area (TPSA) is 133 Å². The van der Waals surface area contributed by atoms with E-state index in [9.17, 15) is 20.1 Å². The van der Waals surface area contributed by atoms with E-state index in [2.05, 4.69) is 21.9 Å². The van der Waals surface area contributed by atoms with E-state index in [1.807, 2.05) is 0 Å². The predicted molar refractivity (Wildman–Crippen MR) is 104 cm³/mol. The predicted octanol–water partition coefficient (Wildman–Crippen LogP) is 0.486. The number of aliphatic hydroxyl groups excluding tert-OH is 3. The van der Waals surface area contributed by atoms with E-state index in [-0.39, 0.29) is 18.8 Å². The fourth-order valence-electron chi connectivity index (χ4n) is 4.03. The molecule has 1 aromatic heterocycles. The monoisotopic (exact) mass is 405 g/mol. The van der Waals surface area contributed by atoms with Crippen molar-refractivity contribution in [2.24, 2.45) is 9.98 Å². The minimum absolute atomic E-state index is 0.104. The van der Waals surface area contributed by atoms with E-state index < -0.39 is 30.7 Å². The van der Waals surface area contributed by atoms with Gasteiger partial charge in [-0.25, -0.2) is 15.0 Å². The first kappa shape index (κ1) is 20.1. The summed E-state index contributed by atoms with van der Waals surface area (Å²) in [4.78, 5) is 27.2. The molecule has 29 heavy (non-hydrogen) atoms. The third-order valence-corrected chi connectivity index (χ3v) is 5.67. The van der Waals surface area contributed by atoms with Crippen molar-refractivity contribution in [3.05, 3.63) is 12.0 Å². The van der Waals surface area contributed by atoms with Crippen LogP contribution in [0.1, 0.15) is 57.4 Å². The average molecular weight is 405 g/mol. The van der Waals surface area contributed by atoms with Gasteiger partial charge in [-0.1, -0.05) is 19.8 Å². The number of unbranched alkanes of at least 4 members (excludes halogenated alkanes) is 2. The zero-order valence-electron chi connectivity index (χ0n) is 16.4. The largest absolute Gasteiger partial charge is 0.394 e. The molecule has 5 atom stereocenters. The van der Waals surface area contributed by atoms with Crippen molar-refractivity contribution in [2.45, 2.75) is 76.2 Å². The molecule has 3 aliphatic heterocycles. The molecule has 10 heteroatoms. The molecule has 0 amide bonds. The van der Waals surface area contributed by atoms with Crippen LogP contribution < -0.4 is 0 Å². The first-order valence-electron chi connectivity index (χ1n) is 10.1. The maximum atomic E-state index is 12.3. The van der Waals surface area contributed by atoms with Gasteiger partial charge in [-0.15, -0.1) is 0 Å². The molecular formula is C19H27N5O5. The standard InChI is InChI=1S/C19H27N5O5/c1-2-3-4-5-11(26)6-12-19(28)22-18-16-17(21-10-23(12)18)24(9-20-16)15-7-13(27)14(8-25)29-15/h9-10,12-15,19,25,27-28H,2-8H2,1H3/t12?,13-,14+,15+,19?/m0/s1. The SMILES string of the molecule is CCCCCC(=O)CC1C(O)N=C2c3ncn([C@H]4C[C@H](O)[C@@H](CO)O4)c3N=CN21. The first-order valence-corrected chi connectivity index (χ1v) is 10.1. The van der Waals surface area contributed by atoms with E-state index in [1.165, 1.54) is 0 Å². The Balaban J connectivity index is 1.49. The van der Waals surface area contributed by atoms with Crippen LogP contribution in [0.4, 0.5) is 5.82 Å². The second-order valence-electron chi connectivity index (χ2n) is 7.72. The van der Waals surface area contributed by atoms with Gasteiger partial charge < -0.3 is 25.0 Å². The summed E-state index contributed by atoms with van der Waals surface area (Å²) in [7, 11) is 0. The normalized spacial score (nSPS) is 30.4. The zero-order chi connectivity index (χ0) is 20.5. The van der Waals surface area contributed by atoms with Crippen molar-refractivity contribution in [3.8, 4) is 0 Å². The van der Waals surface area contributed by atoms with Crippen LogP contribution in [0.25, 0.3) is 0 Å². The molecule has 1 saturated heterocycles. The summed E-state index contributed by atoms with van der Waals surface area (Å²) in [6.07, 6.45) is 4.15. The third-order valence-electron chi connectivity index (χ3n) is 5.67. The van der Waals surface area contributed by atoms with Crippen molar-refractivity contribution in [1.82, 2.24) is 14.5 Å². The Morgan fingerprint density at radius 2 is 2.17 bits per heavy atom. The van der Waals surface area contributed by atoms with Gasteiger partial charge in [-0.3, -0.25) is 9.36 Å². The van der Waals surface area contributed by atoms with Crippen LogP contribution in [0, 0.1) is 0 Å². The minimum atomic E-state index is -1.02. The van der Waals surface area contributed by atoms with Crippen LogP contribution in [0.15, 0.2) is 16.3 Å². The molecule has 4 rings (SSSR count). The lowest BCUT2D eigenvalue weighted by Gasteiger charge is -2.26. The Morgan fingerprint density at radius 1 is 1.34 bits per heavy atom. The highest BCUT2D eigenvalue weighted by Gasteiger charge is 2.42. The molecule has 0 spiro atoms. The van der Waals surface area contributed by atoms with Gasteiger partial charge in [0.2, 0.25) is 0 Å². The molecule has 0 aromatic carbocycles. The van der Waals surface area contributed by atoms with E-state index in [0.717, 1.165) is 19.3 Å². The maximum absolute atomic E-state index is 12.3. The summed E-state index contributed by atoms with van der Waals surface area (Å²) in [5.74, 6) is 1.09. The number of hydrogen-bond acceptors (Lipinski definition) is 9. The van der Waals surface area contributed by atoms with Crippen LogP contribution in [0.2, 0.25) is 0 Å². The molecule has 0 saturated carbocycles. The molecule has 0 aliphatic carbocycles. The van der Waals surface area contributed by atoms with Gasteiger partial charge in [0.1, 0.15) is 18.1 Å². The van der Waals surface area contributed by atoms with E-state index >= 15 is 0 Å². The number of imidazole rings is 1. The number of amidine groups is 1. The molecule has 0 bridgehead atoms. The van der Waals surface area contributed by atoms with Crippen molar-refractivity contribution in [2.75, 3.05) is 6.61 Å². The molecule has 0 radical (unpaired) electrons. The van der Waals surface area contributed by atoms with Crippen LogP contribution >= 0.6 is 0 Å². The number of nitrogens with zero attached hydrogens (tertiary/aromatic N) is 5. The number of rotatable bonds is 8. The van der Waals surface area contributed by atoms with E-state index in [1.54, 1.807) is 22.1 Å². The van der Waals surface area contributed by atoms with Crippen molar-refractivity contribution in [3.63, 3.8) is 0 Å². The highest BCUT2D eigenvalue weighted by atomic mass is 16.5. The summed E-state index contributed by atoms with van der Waals surface area (Å²) < 4.78 is 7.38. The summed E-state index contributed by atoms with van der Waals surface area (Å²) >= 11 is 0. The smallest absolute Gasteiger partial charge is 0.168 e. The molecule has 158 valence electrons. The summed E-state index contributed by atoms with van der Waals surface area (Å²) in [6, 6.07) is -0.482. The minimum Gasteiger partial charge on any atom is -0.394 e. The van der Waals surface area contributed by atoms with Gasteiger partial charge in [0, 0.05) is 19.3 Å². The van der Waals surface area contributed by atoms with E-state index in [4.69, 9.17) is 4.74 Å². The number of aromatic nitrogens is 2. The zero-order valence-corrected chi connectivity index (χ0v) is 16.4. The number of ketones is 1. The second kappa shape index (κ2) is 8.31. The molecule has 3 N–H and O–H groups in total.